The third kappa shape index (κ3) is 5.92. The number of anilines is 1. The van der Waals surface area contributed by atoms with Crippen molar-refractivity contribution in [3.8, 4) is 5.75 Å². The minimum Gasteiger partial charge on any atom is -0.495 e. The van der Waals surface area contributed by atoms with Crippen LogP contribution < -0.4 is 20.3 Å². The fourth-order valence-corrected chi connectivity index (χ4v) is 3.38. The van der Waals surface area contributed by atoms with Crippen LogP contribution in [-0.4, -0.2) is 70.2 Å². The first-order chi connectivity index (χ1) is 14.6. The van der Waals surface area contributed by atoms with Crippen molar-refractivity contribution in [1.29, 1.82) is 0 Å². The highest BCUT2D eigenvalue weighted by molar-refractivity contribution is 5.85. The molecular weight excluding hydrogens is 382 g/mol. The van der Waals surface area contributed by atoms with Gasteiger partial charge in [0.2, 0.25) is 5.91 Å². The van der Waals surface area contributed by atoms with E-state index in [-0.39, 0.29) is 18.5 Å². The molecule has 8 nitrogen and oxygen atoms in total. The van der Waals surface area contributed by atoms with Crippen molar-refractivity contribution in [1.82, 2.24) is 15.5 Å². The summed E-state index contributed by atoms with van der Waals surface area (Å²) in [7, 11) is 5.16. The molecule has 0 bridgehead atoms. The first-order valence-corrected chi connectivity index (χ1v) is 10.2. The minimum atomic E-state index is -0.0378. The summed E-state index contributed by atoms with van der Waals surface area (Å²) < 4.78 is 10.9. The van der Waals surface area contributed by atoms with Gasteiger partial charge in [0.15, 0.2) is 5.96 Å². The molecule has 162 valence electrons. The molecule has 1 fully saturated rings. The number of benzene rings is 1. The van der Waals surface area contributed by atoms with Gasteiger partial charge in [-0.25, -0.2) is 4.99 Å². The van der Waals surface area contributed by atoms with Crippen molar-refractivity contribution >= 4 is 17.6 Å². The minimum absolute atomic E-state index is 0.0378. The fourth-order valence-electron chi connectivity index (χ4n) is 3.38. The van der Waals surface area contributed by atoms with Crippen LogP contribution in [0.25, 0.3) is 0 Å². The second-order valence-corrected chi connectivity index (χ2v) is 7.46. The van der Waals surface area contributed by atoms with E-state index < -0.39 is 0 Å². The number of amides is 1. The lowest BCUT2D eigenvalue weighted by atomic mass is 10.2. The number of guanidine groups is 1. The van der Waals surface area contributed by atoms with E-state index in [0.717, 1.165) is 43.1 Å². The SMILES string of the molecule is COc1ccccc1N1CCC(NC(=NCC(=O)N(C)C)NCCc2ccco2)C1. The molecule has 1 atom stereocenters. The van der Waals surface area contributed by atoms with E-state index >= 15 is 0 Å². The summed E-state index contributed by atoms with van der Waals surface area (Å²) >= 11 is 0. The molecule has 3 rings (SSSR count). The number of methoxy groups -OCH3 is 1. The van der Waals surface area contributed by atoms with Gasteiger partial charge in [-0.3, -0.25) is 4.79 Å². The Balaban J connectivity index is 1.60. The van der Waals surface area contributed by atoms with Crippen LogP contribution in [0.1, 0.15) is 12.2 Å². The van der Waals surface area contributed by atoms with Crippen LogP contribution in [0, 0.1) is 0 Å². The van der Waals surface area contributed by atoms with E-state index in [4.69, 9.17) is 9.15 Å². The third-order valence-electron chi connectivity index (χ3n) is 5.07. The van der Waals surface area contributed by atoms with E-state index in [2.05, 4.69) is 26.6 Å². The molecule has 0 aliphatic carbocycles. The fraction of sp³-hybridized carbons (Fsp3) is 0.455. The first kappa shape index (κ1) is 21.5. The standard InChI is InChI=1S/C22H31N5O3/c1-26(2)21(28)15-24-22(23-12-10-18-7-6-14-30-18)25-17-11-13-27(16-17)19-8-4-5-9-20(19)29-3/h4-9,14,17H,10-13,15-16H2,1-3H3,(H2,23,24,25). The van der Waals surface area contributed by atoms with Crippen molar-refractivity contribution in [2.75, 3.05) is 52.3 Å². The molecule has 1 saturated heterocycles. The number of hydrogen-bond acceptors (Lipinski definition) is 5. The average Bonchev–Trinajstić information content (AvgIpc) is 3.43. The van der Waals surface area contributed by atoms with E-state index in [0.29, 0.717) is 12.5 Å². The van der Waals surface area contributed by atoms with Crippen LogP contribution >= 0.6 is 0 Å². The molecule has 0 spiro atoms. The molecule has 2 heterocycles. The third-order valence-corrected chi connectivity index (χ3v) is 5.07. The topological polar surface area (TPSA) is 82.3 Å². The van der Waals surface area contributed by atoms with Gasteiger partial charge in [0.25, 0.3) is 0 Å². The molecule has 1 unspecified atom stereocenters. The predicted molar refractivity (Wildman–Crippen MR) is 118 cm³/mol. The van der Waals surface area contributed by atoms with Crippen LogP contribution in [0.5, 0.6) is 5.75 Å². The Bertz CT molecular complexity index is 835. The van der Waals surface area contributed by atoms with Crippen LogP contribution in [0.2, 0.25) is 0 Å². The average molecular weight is 414 g/mol. The molecule has 0 radical (unpaired) electrons. The molecule has 1 aromatic heterocycles. The highest BCUT2D eigenvalue weighted by Gasteiger charge is 2.25. The van der Waals surface area contributed by atoms with Gasteiger partial charge in [0, 0.05) is 46.2 Å². The lowest BCUT2D eigenvalue weighted by Gasteiger charge is -2.22. The molecule has 30 heavy (non-hydrogen) atoms. The van der Waals surface area contributed by atoms with Crippen LogP contribution in [-0.2, 0) is 11.2 Å². The maximum Gasteiger partial charge on any atom is 0.243 e. The first-order valence-electron chi connectivity index (χ1n) is 10.2. The van der Waals surface area contributed by atoms with E-state index in [1.165, 1.54) is 0 Å². The summed E-state index contributed by atoms with van der Waals surface area (Å²) in [6.45, 7) is 2.53. The maximum absolute atomic E-state index is 12.0. The molecule has 0 saturated carbocycles. The Morgan fingerprint density at radius 2 is 2.13 bits per heavy atom. The highest BCUT2D eigenvalue weighted by atomic mass is 16.5. The normalized spacial score (nSPS) is 16.4. The van der Waals surface area contributed by atoms with Gasteiger partial charge in [0.1, 0.15) is 18.1 Å². The zero-order valence-corrected chi connectivity index (χ0v) is 17.9. The number of rotatable bonds is 8. The number of nitrogens with one attached hydrogen (secondary N) is 2. The summed E-state index contributed by atoms with van der Waals surface area (Å²) in [6.07, 6.45) is 3.38. The Hall–Kier alpha value is -3.16. The summed E-state index contributed by atoms with van der Waals surface area (Å²) in [5.74, 6) is 2.39. The van der Waals surface area contributed by atoms with Gasteiger partial charge in [-0.2, -0.15) is 0 Å². The number of furan rings is 1. The summed E-state index contributed by atoms with van der Waals surface area (Å²) in [5, 5.41) is 6.80. The van der Waals surface area contributed by atoms with E-state index in [9.17, 15) is 4.79 Å². The largest absolute Gasteiger partial charge is 0.495 e. The number of para-hydroxylation sites is 2. The molecule has 1 aromatic carbocycles. The Kier molecular flexibility index (Phi) is 7.59. The number of nitrogens with zero attached hydrogens (tertiary/aromatic N) is 3. The van der Waals surface area contributed by atoms with Gasteiger partial charge in [-0.1, -0.05) is 12.1 Å². The zero-order valence-electron chi connectivity index (χ0n) is 17.9. The number of likely N-dealkylation sites (N-methyl/N-ethyl adjacent to an activating group) is 1. The molecule has 1 aliphatic heterocycles. The summed E-state index contributed by atoms with van der Waals surface area (Å²) in [6, 6.07) is 12.1. The molecule has 2 aromatic rings. The van der Waals surface area contributed by atoms with E-state index in [1.807, 2.05) is 30.3 Å². The zero-order chi connectivity index (χ0) is 21.3. The lowest BCUT2D eigenvalue weighted by Crippen LogP contribution is -2.45. The van der Waals surface area contributed by atoms with Gasteiger partial charge in [-0.05, 0) is 30.7 Å². The Morgan fingerprint density at radius 1 is 1.30 bits per heavy atom. The molecule has 2 N–H and O–H groups in total. The van der Waals surface area contributed by atoms with Gasteiger partial charge < -0.3 is 29.6 Å². The van der Waals surface area contributed by atoms with Crippen molar-refractivity contribution in [2.24, 2.45) is 4.99 Å². The monoisotopic (exact) mass is 413 g/mol. The number of ether oxygens (including phenoxy) is 1. The maximum atomic E-state index is 12.0. The van der Waals surface area contributed by atoms with Crippen molar-refractivity contribution in [3.63, 3.8) is 0 Å². The van der Waals surface area contributed by atoms with Gasteiger partial charge in [-0.15, -0.1) is 0 Å². The molecule has 1 amide bonds. The predicted octanol–water partition coefficient (Wildman–Crippen LogP) is 1.73. The second kappa shape index (κ2) is 10.6. The highest BCUT2D eigenvalue weighted by Crippen LogP contribution is 2.30. The van der Waals surface area contributed by atoms with Gasteiger partial charge in [0.05, 0.1) is 19.1 Å². The summed E-state index contributed by atoms with van der Waals surface area (Å²) in [4.78, 5) is 20.3. The van der Waals surface area contributed by atoms with Crippen molar-refractivity contribution < 1.29 is 13.9 Å². The van der Waals surface area contributed by atoms with Crippen LogP contribution in [0.4, 0.5) is 5.69 Å². The van der Waals surface area contributed by atoms with E-state index in [1.54, 1.807) is 32.4 Å². The quantitative estimate of drug-likeness (QED) is 0.507. The number of hydrogen-bond donors (Lipinski definition) is 2. The number of carbonyl (C=O) groups excluding carboxylic acids is 1. The van der Waals surface area contributed by atoms with Crippen LogP contribution in [0.15, 0.2) is 52.1 Å². The van der Waals surface area contributed by atoms with Crippen LogP contribution in [0.3, 0.4) is 0 Å². The number of carbonyl (C=O) groups is 1. The Morgan fingerprint density at radius 3 is 2.87 bits per heavy atom. The second-order valence-electron chi connectivity index (χ2n) is 7.46. The van der Waals surface area contributed by atoms with Gasteiger partial charge >= 0.3 is 0 Å². The summed E-state index contributed by atoms with van der Waals surface area (Å²) in [5.41, 5.74) is 1.09. The van der Waals surface area contributed by atoms with Crippen molar-refractivity contribution in [2.45, 2.75) is 18.9 Å². The smallest absolute Gasteiger partial charge is 0.243 e. The molecule has 8 heteroatoms. The number of aliphatic imine (C=N–C) groups is 1. The molecule has 1 aliphatic rings. The lowest BCUT2D eigenvalue weighted by molar-refractivity contribution is -0.127. The molecular formula is C22H31N5O3. The Labute approximate surface area is 177 Å². The van der Waals surface area contributed by atoms with Crippen molar-refractivity contribution in [3.05, 3.63) is 48.4 Å².